The van der Waals surface area contributed by atoms with Gasteiger partial charge in [0.15, 0.2) is 0 Å². The summed E-state index contributed by atoms with van der Waals surface area (Å²) in [5.41, 5.74) is -2.03. The van der Waals surface area contributed by atoms with Crippen LogP contribution < -0.4 is 5.32 Å². The van der Waals surface area contributed by atoms with Gasteiger partial charge < -0.3 is 5.32 Å². The van der Waals surface area contributed by atoms with Crippen molar-refractivity contribution >= 4 is 11.9 Å². The number of halogens is 2. The molecule has 1 aliphatic rings. The normalized spacial score (nSPS) is 21.1. The van der Waals surface area contributed by atoms with Crippen LogP contribution in [0.3, 0.4) is 0 Å². The summed E-state index contributed by atoms with van der Waals surface area (Å²) >= 11 is 0. The number of nitrogens with zero attached hydrogens (tertiary/aromatic N) is 3. The van der Waals surface area contributed by atoms with E-state index in [4.69, 9.17) is 10.5 Å². The van der Waals surface area contributed by atoms with Crippen molar-refractivity contribution in [1.29, 1.82) is 10.5 Å². The van der Waals surface area contributed by atoms with E-state index in [1.54, 1.807) is 0 Å². The fourth-order valence-electron chi connectivity index (χ4n) is 2.58. The maximum atomic E-state index is 14.0. The van der Waals surface area contributed by atoms with Crippen LogP contribution in [-0.2, 0) is 10.3 Å². The van der Waals surface area contributed by atoms with Crippen LogP contribution in [0.5, 0.6) is 0 Å². The first-order chi connectivity index (χ1) is 11.3. The highest BCUT2D eigenvalue weighted by atomic mass is 19.1. The first kappa shape index (κ1) is 17.4. The van der Waals surface area contributed by atoms with E-state index in [0.717, 1.165) is 23.1 Å². The van der Waals surface area contributed by atoms with Crippen LogP contribution in [0.25, 0.3) is 0 Å². The number of rotatable bonds is 5. The molecule has 0 saturated carbocycles. The molecule has 0 aromatic heterocycles. The average Bonchev–Trinajstić information content (AvgIpc) is 2.77. The molecule has 24 heavy (non-hydrogen) atoms. The Hall–Kier alpha value is -3.00. The Labute approximate surface area is 137 Å². The summed E-state index contributed by atoms with van der Waals surface area (Å²) < 4.78 is 27.4. The van der Waals surface area contributed by atoms with E-state index in [1.807, 2.05) is 12.1 Å². The zero-order chi connectivity index (χ0) is 17.9. The third kappa shape index (κ3) is 3.04. The van der Waals surface area contributed by atoms with E-state index in [-0.39, 0.29) is 24.9 Å². The molecule has 124 valence electrons. The molecule has 1 aromatic carbocycles. The number of nitriles is 2. The lowest BCUT2D eigenvalue weighted by Crippen LogP contribution is -2.42. The van der Waals surface area contributed by atoms with Crippen molar-refractivity contribution in [1.82, 2.24) is 10.2 Å². The number of nitrogens with one attached hydrogen (secondary N) is 1. The summed E-state index contributed by atoms with van der Waals surface area (Å²) in [5.74, 6) is -3.04. The highest BCUT2D eigenvalue weighted by Crippen LogP contribution is 2.31. The number of hydrogen-bond donors (Lipinski definition) is 1. The average molecular weight is 332 g/mol. The summed E-state index contributed by atoms with van der Waals surface area (Å²) in [6.07, 6.45) is 0.312. The quantitative estimate of drug-likeness (QED) is 0.836. The van der Waals surface area contributed by atoms with Crippen LogP contribution in [0.2, 0.25) is 0 Å². The van der Waals surface area contributed by atoms with Gasteiger partial charge in [-0.1, -0.05) is 0 Å². The smallest absolute Gasteiger partial charge is 0.319 e. The van der Waals surface area contributed by atoms with Crippen molar-refractivity contribution in [2.24, 2.45) is 5.92 Å². The molecule has 0 unspecified atom stereocenters. The molecular formula is C16H14F2N4O2. The van der Waals surface area contributed by atoms with Gasteiger partial charge in [0.25, 0.3) is 5.91 Å². The number of benzene rings is 1. The van der Waals surface area contributed by atoms with E-state index >= 15 is 0 Å². The van der Waals surface area contributed by atoms with Gasteiger partial charge in [0.2, 0.25) is 0 Å². The molecule has 3 amide bonds. The second kappa shape index (κ2) is 6.63. The van der Waals surface area contributed by atoms with E-state index in [2.05, 4.69) is 5.32 Å². The Kier molecular flexibility index (Phi) is 4.79. The topological polar surface area (TPSA) is 97.0 Å². The van der Waals surface area contributed by atoms with Crippen molar-refractivity contribution in [3.05, 3.63) is 35.4 Å². The number of carbonyl (C=O) groups is 2. The predicted octanol–water partition coefficient (Wildman–Crippen LogP) is 2.18. The summed E-state index contributed by atoms with van der Waals surface area (Å²) in [4.78, 5) is 25.5. The van der Waals surface area contributed by atoms with Gasteiger partial charge in [-0.2, -0.15) is 10.5 Å². The van der Waals surface area contributed by atoms with Crippen LogP contribution in [0.4, 0.5) is 13.6 Å². The molecule has 1 aliphatic heterocycles. The van der Waals surface area contributed by atoms with E-state index in [1.165, 1.54) is 6.92 Å². The lowest BCUT2D eigenvalue weighted by molar-refractivity contribution is -0.131. The van der Waals surface area contributed by atoms with Gasteiger partial charge in [0.05, 0.1) is 18.1 Å². The maximum absolute atomic E-state index is 14.0. The molecule has 2 atom stereocenters. The highest BCUT2D eigenvalue weighted by molar-refractivity contribution is 6.07. The minimum absolute atomic E-state index is 0.109. The van der Waals surface area contributed by atoms with Gasteiger partial charge >= 0.3 is 6.03 Å². The van der Waals surface area contributed by atoms with Gasteiger partial charge in [0.1, 0.15) is 17.2 Å². The molecule has 0 radical (unpaired) electrons. The minimum atomic E-state index is -1.75. The number of amides is 3. The van der Waals surface area contributed by atoms with Crippen LogP contribution in [0.15, 0.2) is 18.2 Å². The van der Waals surface area contributed by atoms with E-state index in [0.29, 0.717) is 0 Å². The monoisotopic (exact) mass is 332 g/mol. The molecule has 0 aliphatic carbocycles. The third-order valence-electron chi connectivity index (χ3n) is 3.93. The number of urea groups is 1. The Morgan fingerprint density at radius 2 is 2.04 bits per heavy atom. The summed E-state index contributed by atoms with van der Waals surface area (Å²) in [5, 5.41) is 20.0. The van der Waals surface area contributed by atoms with Crippen molar-refractivity contribution in [2.75, 3.05) is 6.54 Å². The third-order valence-corrected chi connectivity index (χ3v) is 3.93. The second-order valence-electron chi connectivity index (χ2n) is 5.62. The summed E-state index contributed by atoms with van der Waals surface area (Å²) in [6, 6.07) is 5.68. The minimum Gasteiger partial charge on any atom is -0.319 e. The van der Waals surface area contributed by atoms with Crippen LogP contribution in [-0.4, -0.2) is 23.4 Å². The van der Waals surface area contributed by atoms with E-state index in [9.17, 15) is 18.4 Å². The van der Waals surface area contributed by atoms with Crippen molar-refractivity contribution in [3.63, 3.8) is 0 Å². The molecule has 1 heterocycles. The van der Waals surface area contributed by atoms with Gasteiger partial charge in [-0.05, 0) is 31.5 Å². The van der Waals surface area contributed by atoms with Gasteiger partial charge in [-0.15, -0.1) is 0 Å². The summed E-state index contributed by atoms with van der Waals surface area (Å²) in [6.45, 7) is 1.07. The van der Waals surface area contributed by atoms with Gasteiger partial charge in [-0.3, -0.25) is 9.69 Å². The van der Waals surface area contributed by atoms with Gasteiger partial charge in [-0.25, -0.2) is 13.6 Å². The molecule has 1 N–H and O–H groups in total. The first-order valence-electron chi connectivity index (χ1n) is 7.19. The molecule has 0 bridgehead atoms. The van der Waals surface area contributed by atoms with E-state index < -0.39 is 35.0 Å². The van der Waals surface area contributed by atoms with Crippen LogP contribution in [0, 0.1) is 40.2 Å². The van der Waals surface area contributed by atoms with Crippen LogP contribution >= 0.6 is 0 Å². The standard InChI is InChI=1S/C16H14F2N4O2/c1-16(12-7-11(17)4-5-13(12)18)14(23)22(15(24)21-16)9-10(8-20)3-2-6-19/h4-5,7,10H,2-3,9H2,1H3,(H,21,24)/t10-,16-/m1/s1. The Bertz CT molecular complexity index is 768. The SMILES string of the molecule is C[C@]1(c2cc(F)ccc2F)NC(=O)N(C[C@@H](C#N)CCC#N)C1=O. The fourth-order valence-corrected chi connectivity index (χ4v) is 2.58. The molecule has 2 rings (SSSR count). The molecule has 1 aromatic rings. The predicted molar refractivity (Wildman–Crippen MR) is 77.9 cm³/mol. The largest absolute Gasteiger partial charge is 0.325 e. The first-order valence-corrected chi connectivity index (χ1v) is 7.19. The highest BCUT2D eigenvalue weighted by Gasteiger charge is 2.50. The van der Waals surface area contributed by atoms with Crippen molar-refractivity contribution < 1.29 is 18.4 Å². The second-order valence-corrected chi connectivity index (χ2v) is 5.62. The van der Waals surface area contributed by atoms with Crippen molar-refractivity contribution in [3.8, 4) is 12.1 Å². The van der Waals surface area contributed by atoms with Crippen LogP contribution in [0.1, 0.15) is 25.3 Å². The molecule has 8 heteroatoms. The molecule has 6 nitrogen and oxygen atoms in total. The van der Waals surface area contributed by atoms with Gasteiger partial charge in [0, 0.05) is 18.5 Å². The number of imide groups is 1. The van der Waals surface area contributed by atoms with Crippen molar-refractivity contribution in [2.45, 2.75) is 25.3 Å². The summed E-state index contributed by atoms with van der Waals surface area (Å²) in [7, 11) is 0. The Balaban J connectivity index is 2.29. The zero-order valence-corrected chi connectivity index (χ0v) is 12.8. The molecule has 1 fully saturated rings. The molecular weight excluding hydrogens is 318 g/mol. The zero-order valence-electron chi connectivity index (χ0n) is 12.8. The number of carbonyl (C=O) groups excluding carboxylic acids is 2. The maximum Gasteiger partial charge on any atom is 0.325 e. The molecule has 0 spiro atoms. The lowest BCUT2D eigenvalue weighted by Gasteiger charge is -2.23. The number of hydrogen-bond acceptors (Lipinski definition) is 4. The molecule has 1 saturated heterocycles. The Morgan fingerprint density at radius 1 is 1.33 bits per heavy atom. The Morgan fingerprint density at radius 3 is 2.67 bits per heavy atom. The fraction of sp³-hybridized carbons (Fsp3) is 0.375. The lowest BCUT2D eigenvalue weighted by atomic mass is 9.91.